The number of halogens is 1. The van der Waals surface area contributed by atoms with E-state index >= 15 is 0 Å². The van der Waals surface area contributed by atoms with Gasteiger partial charge < -0.3 is 4.98 Å². The number of H-pyrrole nitrogens is 1. The lowest BCUT2D eigenvalue weighted by Crippen LogP contribution is -2.10. The number of carbonyl (C=O) groups excluding carboxylic acids is 1. The first-order valence-corrected chi connectivity index (χ1v) is 8.06. The summed E-state index contributed by atoms with van der Waals surface area (Å²) in [7, 11) is 0. The molecule has 0 atom stereocenters. The Labute approximate surface area is 131 Å². The van der Waals surface area contributed by atoms with Gasteiger partial charge in [-0.25, -0.2) is 4.98 Å². The Morgan fingerprint density at radius 2 is 2.33 bits per heavy atom. The predicted octanol–water partition coefficient (Wildman–Crippen LogP) is 4.05. The third-order valence-electron chi connectivity index (χ3n) is 3.24. The summed E-state index contributed by atoms with van der Waals surface area (Å²) in [5.74, 6) is 0.509. The van der Waals surface area contributed by atoms with Gasteiger partial charge in [-0.1, -0.05) is 12.1 Å². The number of anilines is 1. The molecule has 0 saturated heterocycles. The van der Waals surface area contributed by atoms with Crippen molar-refractivity contribution < 1.29 is 4.79 Å². The SMILES string of the molecule is O=C(Nc1nccs1)c1c[nH]c2cc(CCCCl)ccc12. The fourth-order valence-corrected chi connectivity index (χ4v) is 2.89. The zero-order valence-corrected chi connectivity index (χ0v) is 12.8. The highest BCUT2D eigenvalue weighted by molar-refractivity contribution is 7.13. The lowest BCUT2D eigenvalue weighted by atomic mass is 10.1. The van der Waals surface area contributed by atoms with Crippen molar-refractivity contribution >= 4 is 44.9 Å². The monoisotopic (exact) mass is 319 g/mol. The molecule has 1 amide bonds. The average Bonchev–Trinajstić information content (AvgIpc) is 3.13. The van der Waals surface area contributed by atoms with Gasteiger partial charge in [0.25, 0.3) is 5.91 Å². The first kappa shape index (κ1) is 14.1. The Morgan fingerprint density at radius 3 is 3.10 bits per heavy atom. The number of carbonyl (C=O) groups is 1. The van der Waals surface area contributed by atoms with Gasteiger partial charge in [0, 0.05) is 34.6 Å². The van der Waals surface area contributed by atoms with Gasteiger partial charge in [0.2, 0.25) is 0 Å². The molecule has 108 valence electrons. The molecule has 1 aromatic carbocycles. The number of hydrogen-bond acceptors (Lipinski definition) is 3. The molecule has 0 fully saturated rings. The van der Waals surface area contributed by atoms with E-state index in [0.29, 0.717) is 16.6 Å². The van der Waals surface area contributed by atoms with E-state index in [4.69, 9.17) is 11.6 Å². The van der Waals surface area contributed by atoms with Crippen LogP contribution in [0.3, 0.4) is 0 Å². The fraction of sp³-hybridized carbons (Fsp3) is 0.200. The van der Waals surface area contributed by atoms with Crippen molar-refractivity contribution in [1.82, 2.24) is 9.97 Å². The summed E-state index contributed by atoms with van der Waals surface area (Å²) in [5, 5.41) is 6.14. The van der Waals surface area contributed by atoms with Crippen molar-refractivity contribution in [3.63, 3.8) is 0 Å². The summed E-state index contributed by atoms with van der Waals surface area (Å²) in [4.78, 5) is 19.5. The van der Waals surface area contributed by atoms with Gasteiger partial charge in [-0.2, -0.15) is 0 Å². The number of thiazole rings is 1. The summed E-state index contributed by atoms with van der Waals surface area (Å²) in [6.07, 6.45) is 5.29. The van der Waals surface area contributed by atoms with Crippen LogP contribution in [0.1, 0.15) is 22.3 Å². The molecule has 2 aromatic heterocycles. The van der Waals surface area contributed by atoms with E-state index in [2.05, 4.69) is 21.4 Å². The number of nitrogens with zero attached hydrogens (tertiary/aromatic N) is 1. The smallest absolute Gasteiger partial charge is 0.259 e. The van der Waals surface area contributed by atoms with Crippen LogP contribution in [-0.4, -0.2) is 21.8 Å². The van der Waals surface area contributed by atoms with Gasteiger partial charge in [0.15, 0.2) is 5.13 Å². The molecule has 3 rings (SSSR count). The molecule has 0 radical (unpaired) electrons. The molecule has 6 heteroatoms. The van der Waals surface area contributed by atoms with Crippen molar-refractivity contribution in [2.75, 3.05) is 11.2 Å². The number of amides is 1. The highest BCUT2D eigenvalue weighted by Gasteiger charge is 2.13. The number of aryl methyl sites for hydroxylation is 1. The standard InChI is InChI=1S/C15H14ClN3OS/c16-5-1-2-10-3-4-11-12(9-18-13(11)8-10)14(20)19-15-17-6-7-21-15/h3-4,6-9,18H,1-2,5H2,(H,17,19,20). The maximum absolute atomic E-state index is 12.3. The number of aromatic nitrogens is 2. The normalized spacial score (nSPS) is 10.9. The number of fused-ring (bicyclic) bond motifs is 1. The van der Waals surface area contributed by atoms with Crippen LogP contribution in [0.4, 0.5) is 5.13 Å². The molecule has 0 saturated carbocycles. The van der Waals surface area contributed by atoms with Crippen molar-refractivity contribution in [3.8, 4) is 0 Å². The van der Waals surface area contributed by atoms with Gasteiger partial charge in [-0.15, -0.1) is 22.9 Å². The molecule has 0 aliphatic heterocycles. The minimum absolute atomic E-state index is 0.148. The molecule has 0 aliphatic carbocycles. The maximum Gasteiger partial charge on any atom is 0.259 e. The molecule has 21 heavy (non-hydrogen) atoms. The summed E-state index contributed by atoms with van der Waals surface area (Å²) in [5.41, 5.74) is 2.81. The van der Waals surface area contributed by atoms with Gasteiger partial charge in [-0.3, -0.25) is 10.1 Å². The highest BCUT2D eigenvalue weighted by atomic mass is 35.5. The first-order valence-electron chi connectivity index (χ1n) is 6.65. The Bertz CT molecular complexity index is 751. The van der Waals surface area contributed by atoms with E-state index in [1.165, 1.54) is 16.9 Å². The number of aromatic amines is 1. The molecular formula is C15H14ClN3OS. The summed E-state index contributed by atoms with van der Waals surface area (Å²) in [6, 6.07) is 6.09. The molecule has 0 spiro atoms. The summed E-state index contributed by atoms with van der Waals surface area (Å²) < 4.78 is 0. The Kier molecular flexibility index (Phi) is 4.22. The van der Waals surface area contributed by atoms with E-state index in [1.54, 1.807) is 12.4 Å². The molecule has 3 aromatic rings. The molecule has 0 aliphatic rings. The quantitative estimate of drug-likeness (QED) is 0.697. The van der Waals surface area contributed by atoms with Crippen molar-refractivity contribution in [1.29, 1.82) is 0 Å². The molecule has 0 bridgehead atoms. The van der Waals surface area contributed by atoms with E-state index < -0.39 is 0 Å². The number of benzene rings is 1. The van der Waals surface area contributed by atoms with Crippen LogP contribution >= 0.6 is 22.9 Å². The zero-order valence-electron chi connectivity index (χ0n) is 11.2. The number of hydrogen-bond donors (Lipinski definition) is 2. The Morgan fingerprint density at radius 1 is 1.43 bits per heavy atom. The van der Waals surface area contributed by atoms with E-state index in [1.807, 2.05) is 17.5 Å². The molecule has 0 unspecified atom stereocenters. The Balaban J connectivity index is 1.84. The van der Waals surface area contributed by atoms with Gasteiger partial charge in [-0.05, 0) is 24.5 Å². The van der Waals surface area contributed by atoms with Crippen molar-refractivity contribution in [2.45, 2.75) is 12.8 Å². The van der Waals surface area contributed by atoms with E-state index in [0.717, 1.165) is 23.7 Å². The lowest BCUT2D eigenvalue weighted by molar-refractivity contribution is 0.102. The van der Waals surface area contributed by atoms with Crippen LogP contribution in [-0.2, 0) is 6.42 Å². The third-order valence-corrected chi connectivity index (χ3v) is 4.20. The fourth-order valence-electron chi connectivity index (χ4n) is 2.24. The van der Waals surface area contributed by atoms with Crippen molar-refractivity contribution in [3.05, 3.63) is 47.1 Å². The largest absolute Gasteiger partial charge is 0.360 e. The second-order valence-electron chi connectivity index (χ2n) is 4.67. The van der Waals surface area contributed by atoms with Crippen LogP contribution in [0.25, 0.3) is 10.9 Å². The van der Waals surface area contributed by atoms with Crippen LogP contribution in [0.5, 0.6) is 0 Å². The van der Waals surface area contributed by atoms with Crippen LogP contribution in [0.15, 0.2) is 36.0 Å². The number of nitrogens with one attached hydrogen (secondary N) is 2. The summed E-state index contributed by atoms with van der Waals surface area (Å²) in [6.45, 7) is 0. The van der Waals surface area contributed by atoms with Crippen LogP contribution < -0.4 is 5.32 Å². The second kappa shape index (κ2) is 6.28. The molecule has 4 nitrogen and oxygen atoms in total. The minimum atomic E-state index is -0.148. The predicted molar refractivity (Wildman–Crippen MR) is 87.4 cm³/mol. The molecule has 2 heterocycles. The molecular weight excluding hydrogens is 306 g/mol. The topological polar surface area (TPSA) is 57.8 Å². The highest BCUT2D eigenvalue weighted by Crippen LogP contribution is 2.22. The van der Waals surface area contributed by atoms with E-state index in [9.17, 15) is 4.79 Å². The number of alkyl halides is 1. The van der Waals surface area contributed by atoms with Crippen LogP contribution in [0.2, 0.25) is 0 Å². The maximum atomic E-state index is 12.3. The zero-order chi connectivity index (χ0) is 14.7. The average molecular weight is 320 g/mol. The number of rotatable bonds is 5. The van der Waals surface area contributed by atoms with Crippen molar-refractivity contribution in [2.24, 2.45) is 0 Å². The van der Waals surface area contributed by atoms with Gasteiger partial charge in [0.05, 0.1) is 5.56 Å². The van der Waals surface area contributed by atoms with Crippen LogP contribution in [0, 0.1) is 0 Å². The first-order chi connectivity index (χ1) is 10.3. The van der Waals surface area contributed by atoms with Gasteiger partial charge >= 0.3 is 0 Å². The summed E-state index contributed by atoms with van der Waals surface area (Å²) >= 11 is 7.12. The Hall–Kier alpha value is -1.85. The minimum Gasteiger partial charge on any atom is -0.360 e. The van der Waals surface area contributed by atoms with E-state index in [-0.39, 0.29) is 5.91 Å². The second-order valence-corrected chi connectivity index (χ2v) is 5.94. The molecule has 2 N–H and O–H groups in total. The van der Waals surface area contributed by atoms with Gasteiger partial charge in [0.1, 0.15) is 0 Å². The lowest BCUT2D eigenvalue weighted by Gasteiger charge is -2.02. The third kappa shape index (κ3) is 3.09.